The summed E-state index contributed by atoms with van der Waals surface area (Å²) in [6.07, 6.45) is 4.81. The van der Waals surface area contributed by atoms with Crippen LogP contribution in [-0.4, -0.2) is 55.1 Å². The van der Waals surface area contributed by atoms with Gasteiger partial charge in [0, 0.05) is 38.7 Å². The topological polar surface area (TPSA) is 115 Å². The first-order valence-electron chi connectivity index (χ1n) is 10.6. The lowest BCUT2D eigenvalue weighted by molar-refractivity contribution is -0.121. The molecular weight excluding hydrogens is 400 g/mol. The van der Waals surface area contributed by atoms with Gasteiger partial charge in [0.25, 0.3) is 5.56 Å². The number of H-pyrrole nitrogens is 1. The van der Waals surface area contributed by atoms with Crippen molar-refractivity contribution in [3.05, 3.63) is 34.2 Å². The molecule has 2 N–H and O–H groups in total. The standard InChI is InChI=1S/C22H30N4O5/c1-29-12-4-11-23-20(27)10-8-17-22(28)24-21(26-25-17)16-7-9-18(19(13-16)30-2)31-14-15-5-3-6-15/h7,9,13,15H,3-6,8,10-12,14H2,1-2H3,(H,23,27)(H,24,26,28). The number of benzene rings is 1. The molecule has 0 radical (unpaired) electrons. The summed E-state index contributed by atoms with van der Waals surface area (Å²) < 4.78 is 16.3. The zero-order chi connectivity index (χ0) is 22.1. The molecule has 9 nitrogen and oxygen atoms in total. The first-order valence-corrected chi connectivity index (χ1v) is 10.6. The molecule has 168 valence electrons. The zero-order valence-electron chi connectivity index (χ0n) is 18.1. The lowest BCUT2D eigenvalue weighted by atomic mass is 9.86. The van der Waals surface area contributed by atoms with Crippen LogP contribution in [0.1, 0.15) is 37.8 Å². The summed E-state index contributed by atoms with van der Waals surface area (Å²) in [5, 5.41) is 10.9. The second-order valence-corrected chi connectivity index (χ2v) is 7.62. The van der Waals surface area contributed by atoms with Crippen molar-refractivity contribution in [2.45, 2.75) is 38.5 Å². The maximum Gasteiger partial charge on any atom is 0.273 e. The van der Waals surface area contributed by atoms with Crippen molar-refractivity contribution in [3.8, 4) is 22.9 Å². The number of hydrogen-bond donors (Lipinski definition) is 2. The van der Waals surface area contributed by atoms with Crippen LogP contribution in [0, 0.1) is 5.92 Å². The number of aromatic nitrogens is 3. The van der Waals surface area contributed by atoms with E-state index in [-0.39, 0.29) is 30.0 Å². The molecule has 0 saturated heterocycles. The molecule has 1 aromatic carbocycles. The quantitative estimate of drug-likeness (QED) is 0.496. The van der Waals surface area contributed by atoms with Gasteiger partial charge in [-0.2, -0.15) is 0 Å². The van der Waals surface area contributed by atoms with Gasteiger partial charge in [0.05, 0.1) is 13.7 Å². The Labute approximate surface area is 181 Å². The van der Waals surface area contributed by atoms with Crippen molar-refractivity contribution in [2.75, 3.05) is 34.0 Å². The second-order valence-electron chi connectivity index (χ2n) is 7.62. The predicted molar refractivity (Wildman–Crippen MR) is 115 cm³/mol. The van der Waals surface area contributed by atoms with E-state index in [9.17, 15) is 9.59 Å². The number of aryl methyl sites for hydroxylation is 1. The summed E-state index contributed by atoms with van der Waals surface area (Å²) in [4.78, 5) is 27.0. The van der Waals surface area contributed by atoms with E-state index in [0.29, 0.717) is 48.6 Å². The Kier molecular flexibility index (Phi) is 8.40. The third-order valence-electron chi connectivity index (χ3n) is 5.34. The van der Waals surface area contributed by atoms with Gasteiger partial charge in [-0.3, -0.25) is 9.59 Å². The Hall–Kier alpha value is -2.94. The van der Waals surface area contributed by atoms with Crippen molar-refractivity contribution in [1.82, 2.24) is 20.5 Å². The molecule has 1 amide bonds. The number of nitrogens with one attached hydrogen (secondary N) is 2. The van der Waals surface area contributed by atoms with Gasteiger partial charge in [0.15, 0.2) is 17.3 Å². The maximum atomic E-state index is 12.4. The SMILES string of the molecule is COCCCNC(=O)CCc1nnc(-c2ccc(OCC3CCC3)c(OC)c2)[nH]c1=O. The highest BCUT2D eigenvalue weighted by Gasteiger charge is 2.19. The number of methoxy groups -OCH3 is 2. The zero-order valence-corrected chi connectivity index (χ0v) is 18.1. The fourth-order valence-corrected chi connectivity index (χ4v) is 3.22. The van der Waals surface area contributed by atoms with E-state index < -0.39 is 0 Å². The molecule has 0 unspecified atom stereocenters. The van der Waals surface area contributed by atoms with E-state index in [2.05, 4.69) is 20.5 Å². The largest absolute Gasteiger partial charge is 0.493 e. The van der Waals surface area contributed by atoms with Crippen LogP contribution < -0.4 is 20.3 Å². The van der Waals surface area contributed by atoms with Crippen molar-refractivity contribution in [1.29, 1.82) is 0 Å². The normalized spacial score (nSPS) is 13.5. The summed E-state index contributed by atoms with van der Waals surface area (Å²) in [7, 11) is 3.19. The van der Waals surface area contributed by atoms with E-state index in [1.54, 1.807) is 20.3 Å². The smallest absolute Gasteiger partial charge is 0.273 e. The Bertz CT molecular complexity index is 926. The minimum absolute atomic E-state index is 0.136. The average Bonchev–Trinajstić information content (AvgIpc) is 2.75. The number of rotatable bonds is 12. The van der Waals surface area contributed by atoms with E-state index in [1.165, 1.54) is 19.3 Å². The molecule has 0 aliphatic heterocycles. The predicted octanol–water partition coefficient (Wildman–Crippen LogP) is 2.10. The Morgan fingerprint density at radius 1 is 1.23 bits per heavy atom. The van der Waals surface area contributed by atoms with Gasteiger partial charge in [0.2, 0.25) is 5.91 Å². The summed E-state index contributed by atoms with van der Waals surface area (Å²) in [5.41, 5.74) is 0.532. The van der Waals surface area contributed by atoms with Gasteiger partial charge in [0.1, 0.15) is 5.69 Å². The number of carbonyl (C=O) groups excluding carboxylic acids is 1. The molecule has 0 atom stereocenters. The summed E-state index contributed by atoms with van der Waals surface area (Å²) in [6, 6.07) is 5.39. The fraction of sp³-hybridized carbons (Fsp3) is 0.545. The number of hydrogen-bond acceptors (Lipinski definition) is 7. The molecular formula is C22H30N4O5. The highest BCUT2D eigenvalue weighted by atomic mass is 16.5. The van der Waals surface area contributed by atoms with Crippen LogP contribution in [0.25, 0.3) is 11.4 Å². The van der Waals surface area contributed by atoms with Crippen LogP contribution in [0.4, 0.5) is 0 Å². The third kappa shape index (κ3) is 6.52. The number of ether oxygens (including phenoxy) is 3. The molecule has 1 heterocycles. The molecule has 31 heavy (non-hydrogen) atoms. The van der Waals surface area contributed by atoms with Gasteiger partial charge >= 0.3 is 0 Å². The highest BCUT2D eigenvalue weighted by Crippen LogP contribution is 2.33. The van der Waals surface area contributed by atoms with Gasteiger partial charge in [-0.1, -0.05) is 6.42 Å². The highest BCUT2D eigenvalue weighted by molar-refractivity contribution is 5.76. The number of nitrogens with zero attached hydrogens (tertiary/aromatic N) is 2. The lowest BCUT2D eigenvalue weighted by Gasteiger charge is -2.25. The number of amides is 1. The molecule has 1 aliphatic rings. The van der Waals surface area contributed by atoms with Crippen molar-refractivity contribution in [3.63, 3.8) is 0 Å². The van der Waals surface area contributed by atoms with E-state index in [4.69, 9.17) is 14.2 Å². The van der Waals surface area contributed by atoms with E-state index >= 15 is 0 Å². The van der Waals surface area contributed by atoms with Crippen molar-refractivity contribution >= 4 is 5.91 Å². The monoisotopic (exact) mass is 430 g/mol. The van der Waals surface area contributed by atoms with E-state index in [0.717, 1.165) is 6.42 Å². The molecule has 3 rings (SSSR count). The molecule has 9 heteroatoms. The van der Waals surface area contributed by atoms with E-state index in [1.807, 2.05) is 12.1 Å². The molecule has 1 fully saturated rings. The van der Waals surface area contributed by atoms with Gasteiger partial charge in [-0.25, -0.2) is 0 Å². The second kappa shape index (κ2) is 11.5. The van der Waals surface area contributed by atoms with Crippen LogP contribution >= 0.6 is 0 Å². The summed E-state index contributed by atoms with van der Waals surface area (Å²) >= 11 is 0. The molecule has 0 bridgehead atoms. The molecule has 1 saturated carbocycles. The fourth-order valence-electron chi connectivity index (χ4n) is 3.22. The van der Waals surface area contributed by atoms with Crippen LogP contribution in [-0.2, 0) is 16.0 Å². The molecule has 0 spiro atoms. The number of aromatic amines is 1. The van der Waals surface area contributed by atoms with Crippen LogP contribution in [0.5, 0.6) is 11.5 Å². The van der Waals surface area contributed by atoms with Crippen LogP contribution in [0.2, 0.25) is 0 Å². The molecule has 1 aromatic heterocycles. The first kappa shape index (κ1) is 22.7. The summed E-state index contributed by atoms with van der Waals surface area (Å²) in [5.74, 6) is 2.06. The lowest BCUT2D eigenvalue weighted by Crippen LogP contribution is -2.27. The maximum absolute atomic E-state index is 12.4. The average molecular weight is 431 g/mol. The minimum Gasteiger partial charge on any atom is -0.493 e. The Balaban J connectivity index is 1.59. The van der Waals surface area contributed by atoms with Gasteiger partial charge in [-0.15, -0.1) is 10.2 Å². The Morgan fingerprint density at radius 3 is 2.74 bits per heavy atom. The first-order chi connectivity index (χ1) is 15.1. The number of carbonyl (C=O) groups is 1. The minimum atomic E-state index is -0.360. The molecule has 1 aliphatic carbocycles. The van der Waals surface area contributed by atoms with Crippen molar-refractivity contribution in [2.24, 2.45) is 5.92 Å². The molecule has 2 aromatic rings. The van der Waals surface area contributed by atoms with Gasteiger partial charge < -0.3 is 24.5 Å². The van der Waals surface area contributed by atoms with Crippen molar-refractivity contribution < 1.29 is 19.0 Å². The summed E-state index contributed by atoms with van der Waals surface area (Å²) in [6.45, 7) is 1.81. The Morgan fingerprint density at radius 2 is 2.06 bits per heavy atom. The van der Waals surface area contributed by atoms with Crippen LogP contribution in [0.15, 0.2) is 23.0 Å². The van der Waals surface area contributed by atoms with Gasteiger partial charge in [-0.05, 0) is 43.4 Å². The third-order valence-corrected chi connectivity index (χ3v) is 5.34. The van der Waals surface area contributed by atoms with Crippen LogP contribution in [0.3, 0.4) is 0 Å².